The molecular weight excluding hydrogens is 342 g/mol. The van der Waals surface area contributed by atoms with Crippen molar-refractivity contribution in [2.45, 2.75) is 13.0 Å². The Hall–Kier alpha value is -2.67. The van der Waals surface area contributed by atoms with E-state index in [0.29, 0.717) is 18.0 Å². The first-order chi connectivity index (χ1) is 12.5. The number of anilines is 1. The molecule has 1 aliphatic heterocycles. The summed E-state index contributed by atoms with van der Waals surface area (Å²) in [4.78, 5) is 13.3. The molecule has 1 unspecified atom stereocenters. The number of amides is 1. The Kier molecular flexibility index (Phi) is 5.37. The Labute approximate surface area is 150 Å². The van der Waals surface area contributed by atoms with Crippen molar-refractivity contribution < 1.29 is 27.9 Å². The molecular formula is C19H21F2N2O3+. The van der Waals surface area contributed by atoms with Gasteiger partial charge < -0.3 is 19.7 Å². The van der Waals surface area contributed by atoms with Crippen LogP contribution in [-0.4, -0.2) is 33.2 Å². The van der Waals surface area contributed by atoms with Crippen LogP contribution in [0, 0.1) is 11.6 Å². The molecule has 0 saturated carbocycles. The van der Waals surface area contributed by atoms with Gasteiger partial charge in [-0.1, -0.05) is 0 Å². The van der Waals surface area contributed by atoms with Gasteiger partial charge in [-0.25, -0.2) is 8.78 Å². The van der Waals surface area contributed by atoms with E-state index in [-0.39, 0.29) is 18.1 Å². The molecule has 138 valence electrons. The predicted octanol–water partition coefficient (Wildman–Crippen LogP) is 1.56. The third-order valence-electron chi connectivity index (χ3n) is 4.51. The number of benzene rings is 2. The van der Waals surface area contributed by atoms with Crippen LogP contribution in [0.15, 0.2) is 30.3 Å². The van der Waals surface area contributed by atoms with E-state index in [0.717, 1.165) is 35.6 Å². The Bertz CT molecular complexity index is 827. The molecule has 5 nitrogen and oxygen atoms in total. The maximum Gasteiger partial charge on any atom is 0.279 e. The highest BCUT2D eigenvalue weighted by molar-refractivity contribution is 5.91. The van der Waals surface area contributed by atoms with Gasteiger partial charge in [0.1, 0.15) is 6.54 Å². The molecule has 1 atom stereocenters. The molecule has 26 heavy (non-hydrogen) atoms. The number of carbonyl (C=O) groups is 1. The molecule has 3 rings (SSSR count). The fourth-order valence-corrected chi connectivity index (χ4v) is 3.19. The fraction of sp³-hybridized carbons (Fsp3) is 0.316. The van der Waals surface area contributed by atoms with Crippen LogP contribution in [0.3, 0.4) is 0 Å². The third kappa shape index (κ3) is 3.94. The zero-order chi connectivity index (χ0) is 18.7. The quantitative estimate of drug-likeness (QED) is 0.848. The predicted molar refractivity (Wildman–Crippen MR) is 92.6 cm³/mol. The number of carbonyl (C=O) groups excluding carboxylic acids is 1. The smallest absolute Gasteiger partial charge is 0.279 e. The molecule has 0 spiro atoms. The number of hydrogen-bond donors (Lipinski definition) is 2. The van der Waals surface area contributed by atoms with Crippen LogP contribution in [-0.2, 0) is 17.8 Å². The molecule has 2 aromatic rings. The van der Waals surface area contributed by atoms with Crippen LogP contribution >= 0.6 is 0 Å². The Balaban J connectivity index is 1.65. The summed E-state index contributed by atoms with van der Waals surface area (Å²) in [6.07, 6.45) is 0.823. The second-order valence-corrected chi connectivity index (χ2v) is 6.26. The maximum absolute atomic E-state index is 13.2. The van der Waals surface area contributed by atoms with Crippen LogP contribution in [0.25, 0.3) is 0 Å². The van der Waals surface area contributed by atoms with E-state index >= 15 is 0 Å². The number of nitrogens with one attached hydrogen (secondary N) is 2. The summed E-state index contributed by atoms with van der Waals surface area (Å²) in [5.41, 5.74) is 2.55. The van der Waals surface area contributed by atoms with E-state index in [1.807, 2.05) is 12.1 Å². The highest BCUT2D eigenvalue weighted by atomic mass is 19.2. The fourth-order valence-electron chi connectivity index (χ4n) is 3.19. The average Bonchev–Trinajstić information content (AvgIpc) is 2.63. The molecule has 0 radical (unpaired) electrons. The number of halogens is 2. The SMILES string of the molecule is COc1cc2c(cc1OC)C[NH+](CC(=O)Nc1ccc(F)c(F)c1)CC2. The molecule has 0 fully saturated rings. The van der Waals surface area contributed by atoms with Gasteiger partial charge in [0.05, 0.1) is 20.8 Å². The lowest BCUT2D eigenvalue weighted by atomic mass is 9.99. The van der Waals surface area contributed by atoms with Crippen molar-refractivity contribution in [3.8, 4) is 11.5 Å². The summed E-state index contributed by atoms with van der Waals surface area (Å²) in [5.74, 6) is -0.798. The van der Waals surface area contributed by atoms with Gasteiger partial charge in [0.15, 0.2) is 29.7 Å². The lowest BCUT2D eigenvalue weighted by Gasteiger charge is -2.26. The van der Waals surface area contributed by atoms with E-state index < -0.39 is 11.6 Å². The van der Waals surface area contributed by atoms with Gasteiger partial charge in [0.25, 0.3) is 5.91 Å². The normalized spacial score (nSPS) is 15.9. The highest BCUT2D eigenvalue weighted by Gasteiger charge is 2.24. The average molecular weight is 363 g/mol. The second-order valence-electron chi connectivity index (χ2n) is 6.26. The first-order valence-electron chi connectivity index (χ1n) is 8.32. The van der Waals surface area contributed by atoms with E-state index in [1.165, 1.54) is 11.6 Å². The number of methoxy groups -OCH3 is 2. The molecule has 1 amide bonds. The van der Waals surface area contributed by atoms with Gasteiger partial charge in [-0.15, -0.1) is 0 Å². The monoisotopic (exact) mass is 363 g/mol. The molecule has 7 heteroatoms. The third-order valence-corrected chi connectivity index (χ3v) is 4.51. The van der Waals surface area contributed by atoms with Gasteiger partial charge >= 0.3 is 0 Å². The Morgan fingerprint density at radius 2 is 1.77 bits per heavy atom. The van der Waals surface area contributed by atoms with Crippen molar-refractivity contribution in [1.82, 2.24) is 0 Å². The zero-order valence-electron chi connectivity index (χ0n) is 14.7. The lowest BCUT2D eigenvalue weighted by Crippen LogP contribution is -3.12. The molecule has 0 saturated heterocycles. The topological polar surface area (TPSA) is 52.0 Å². The van der Waals surface area contributed by atoms with Crippen LogP contribution in [0.2, 0.25) is 0 Å². The minimum atomic E-state index is -0.983. The zero-order valence-corrected chi connectivity index (χ0v) is 14.7. The van der Waals surface area contributed by atoms with Crippen molar-refractivity contribution in [2.75, 3.05) is 32.6 Å². The number of ether oxygens (including phenoxy) is 2. The first-order valence-corrected chi connectivity index (χ1v) is 8.32. The van der Waals surface area contributed by atoms with Crippen LogP contribution in [0.1, 0.15) is 11.1 Å². The van der Waals surface area contributed by atoms with Crippen molar-refractivity contribution in [3.05, 3.63) is 53.1 Å². The summed E-state index contributed by atoms with van der Waals surface area (Å²) in [6.45, 7) is 1.72. The molecule has 0 aromatic heterocycles. The second kappa shape index (κ2) is 7.70. The minimum absolute atomic E-state index is 0.241. The molecule has 2 N–H and O–H groups in total. The summed E-state index contributed by atoms with van der Waals surface area (Å²) < 4.78 is 36.9. The number of fused-ring (bicyclic) bond motifs is 1. The molecule has 1 aliphatic rings. The summed E-state index contributed by atoms with van der Waals surface area (Å²) in [5, 5.41) is 2.61. The summed E-state index contributed by atoms with van der Waals surface area (Å²) >= 11 is 0. The van der Waals surface area contributed by atoms with Crippen molar-refractivity contribution in [2.24, 2.45) is 0 Å². The van der Waals surface area contributed by atoms with Crippen molar-refractivity contribution >= 4 is 11.6 Å². The standard InChI is InChI=1S/C19H20F2N2O3/c1-25-17-7-12-5-6-23(10-13(12)8-18(17)26-2)11-19(24)22-14-3-4-15(20)16(21)9-14/h3-4,7-9H,5-6,10-11H2,1-2H3,(H,22,24)/p+1. The number of rotatable bonds is 5. The molecule has 0 bridgehead atoms. The summed E-state index contributed by atoms with van der Waals surface area (Å²) in [6, 6.07) is 7.24. The van der Waals surface area contributed by atoms with Crippen LogP contribution < -0.4 is 19.7 Å². The van der Waals surface area contributed by atoms with Gasteiger partial charge in [-0.3, -0.25) is 4.79 Å². The molecule has 1 heterocycles. The minimum Gasteiger partial charge on any atom is -0.493 e. The van der Waals surface area contributed by atoms with Crippen molar-refractivity contribution in [3.63, 3.8) is 0 Å². The van der Waals surface area contributed by atoms with Gasteiger partial charge in [-0.2, -0.15) is 0 Å². The van der Waals surface area contributed by atoms with Crippen LogP contribution in [0.4, 0.5) is 14.5 Å². The molecule has 0 aliphatic carbocycles. The van der Waals surface area contributed by atoms with Crippen molar-refractivity contribution in [1.29, 1.82) is 0 Å². The highest BCUT2D eigenvalue weighted by Crippen LogP contribution is 2.31. The van der Waals surface area contributed by atoms with E-state index in [4.69, 9.17) is 9.47 Å². The lowest BCUT2D eigenvalue weighted by molar-refractivity contribution is -0.907. The first kappa shape index (κ1) is 18.1. The van der Waals surface area contributed by atoms with Gasteiger partial charge in [0.2, 0.25) is 0 Å². The number of hydrogen-bond acceptors (Lipinski definition) is 3. The maximum atomic E-state index is 13.2. The summed E-state index contributed by atoms with van der Waals surface area (Å²) in [7, 11) is 3.19. The molecule has 2 aromatic carbocycles. The van der Waals surface area contributed by atoms with Gasteiger partial charge in [-0.05, 0) is 29.8 Å². The van der Waals surface area contributed by atoms with Gasteiger partial charge in [0, 0.05) is 23.7 Å². The van der Waals surface area contributed by atoms with E-state index in [9.17, 15) is 13.6 Å². The van der Waals surface area contributed by atoms with Crippen LogP contribution in [0.5, 0.6) is 11.5 Å². The van der Waals surface area contributed by atoms with E-state index in [1.54, 1.807) is 14.2 Å². The van der Waals surface area contributed by atoms with E-state index in [2.05, 4.69) is 5.32 Å². The Morgan fingerprint density at radius 1 is 1.08 bits per heavy atom. The number of quaternary nitrogens is 1. The largest absolute Gasteiger partial charge is 0.493 e. The Morgan fingerprint density at radius 3 is 2.42 bits per heavy atom.